The highest BCUT2D eigenvalue weighted by atomic mass is 16.4. The summed E-state index contributed by atoms with van der Waals surface area (Å²) in [5, 5.41) is 9.01. The van der Waals surface area contributed by atoms with E-state index in [0.717, 1.165) is 5.52 Å². The van der Waals surface area contributed by atoms with Gasteiger partial charge in [-0.25, -0.2) is 9.78 Å². The minimum absolute atomic E-state index is 0.0384. The molecule has 86 valence electrons. The Kier molecular flexibility index (Phi) is 3.05. The molecule has 2 rings (SSSR count). The summed E-state index contributed by atoms with van der Waals surface area (Å²) < 4.78 is 1.57. The molecule has 1 aromatic heterocycles. The second-order valence-corrected chi connectivity index (χ2v) is 3.56. The standard InChI is InChI=1S/C13H12N2O2/c1-15-11-9-7-5-3-2-4-6-8-10(11)14-12(15)13(16)17/h2-9H,1H3,(H,16,17). The van der Waals surface area contributed by atoms with Gasteiger partial charge in [0.15, 0.2) is 0 Å². The molecule has 4 nitrogen and oxygen atoms in total. The fourth-order valence-electron chi connectivity index (χ4n) is 1.59. The van der Waals surface area contributed by atoms with Crippen molar-refractivity contribution in [1.29, 1.82) is 0 Å². The average Bonchev–Trinajstić information content (AvgIpc) is 2.62. The van der Waals surface area contributed by atoms with Gasteiger partial charge in [0.25, 0.3) is 0 Å². The monoisotopic (exact) mass is 228 g/mol. The van der Waals surface area contributed by atoms with Crippen molar-refractivity contribution in [3.05, 3.63) is 54.4 Å². The van der Waals surface area contributed by atoms with Gasteiger partial charge in [-0.05, 0) is 12.1 Å². The number of fused-ring (bicyclic) bond motifs is 1. The van der Waals surface area contributed by atoms with E-state index < -0.39 is 5.97 Å². The second-order valence-electron chi connectivity index (χ2n) is 3.56. The van der Waals surface area contributed by atoms with Crippen LogP contribution in [0.3, 0.4) is 0 Å². The van der Waals surface area contributed by atoms with Crippen molar-refractivity contribution < 1.29 is 9.90 Å². The number of aromatic nitrogens is 2. The minimum Gasteiger partial charge on any atom is -0.475 e. The molecule has 1 N–H and O–H groups in total. The maximum absolute atomic E-state index is 11.0. The van der Waals surface area contributed by atoms with Crippen LogP contribution in [-0.4, -0.2) is 20.6 Å². The Morgan fingerprint density at radius 2 is 1.71 bits per heavy atom. The molecule has 1 aromatic carbocycles. The zero-order valence-electron chi connectivity index (χ0n) is 9.37. The van der Waals surface area contributed by atoms with Crippen LogP contribution in [0.2, 0.25) is 0 Å². The van der Waals surface area contributed by atoms with E-state index in [4.69, 9.17) is 5.11 Å². The van der Waals surface area contributed by atoms with Gasteiger partial charge < -0.3 is 9.67 Å². The SMILES string of the molecule is Cn1c(C(=O)O)nc2ccccccccc21. The van der Waals surface area contributed by atoms with Gasteiger partial charge >= 0.3 is 5.97 Å². The Hall–Kier alpha value is -2.36. The Morgan fingerprint density at radius 1 is 1.12 bits per heavy atom. The van der Waals surface area contributed by atoms with E-state index in [1.165, 1.54) is 0 Å². The highest BCUT2D eigenvalue weighted by molar-refractivity contribution is 5.89. The molecule has 0 radical (unpaired) electrons. The second kappa shape index (κ2) is 4.65. The third kappa shape index (κ3) is 2.25. The van der Waals surface area contributed by atoms with Crippen LogP contribution in [0.15, 0.2) is 48.5 Å². The summed E-state index contributed by atoms with van der Waals surface area (Å²) >= 11 is 0. The molecule has 0 spiro atoms. The molecule has 0 unspecified atom stereocenters. The molecule has 1 heterocycles. The predicted octanol–water partition coefficient (Wildman–Crippen LogP) is 2.40. The maximum atomic E-state index is 11.0. The number of carboxylic acids is 1. The van der Waals surface area contributed by atoms with Crippen molar-refractivity contribution in [3.8, 4) is 0 Å². The van der Waals surface area contributed by atoms with Crippen molar-refractivity contribution in [3.63, 3.8) is 0 Å². The lowest BCUT2D eigenvalue weighted by molar-refractivity contribution is 0.0680. The molecule has 0 aliphatic rings. The third-order valence-electron chi connectivity index (χ3n) is 2.42. The molecule has 0 aliphatic heterocycles. The summed E-state index contributed by atoms with van der Waals surface area (Å²) in [5.41, 5.74) is 1.43. The molecular weight excluding hydrogens is 216 g/mol. The average molecular weight is 228 g/mol. The number of aromatic carboxylic acids is 1. The van der Waals surface area contributed by atoms with Gasteiger partial charge in [-0.1, -0.05) is 36.4 Å². The van der Waals surface area contributed by atoms with Gasteiger partial charge in [-0.3, -0.25) is 0 Å². The van der Waals surface area contributed by atoms with E-state index in [2.05, 4.69) is 4.98 Å². The van der Waals surface area contributed by atoms with Crippen molar-refractivity contribution in [2.75, 3.05) is 0 Å². The highest BCUT2D eigenvalue weighted by Crippen LogP contribution is 2.11. The first-order chi connectivity index (χ1) is 8.20. The summed E-state index contributed by atoms with van der Waals surface area (Å²) in [5.74, 6) is -0.987. The summed E-state index contributed by atoms with van der Waals surface area (Å²) in [6, 6.07) is 14.9. The normalized spacial score (nSPS) is 9.94. The van der Waals surface area contributed by atoms with E-state index in [9.17, 15) is 4.79 Å². The lowest BCUT2D eigenvalue weighted by atomic mass is 10.3. The number of aryl methyl sites for hydroxylation is 1. The minimum atomic E-state index is -1.03. The Morgan fingerprint density at radius 3 is 2.35 bits per heavy atom. The summed E-state index contributed by atoms with van der Waals surface area (Å²) in [6.07, 6.45) is 0. The number of hydrogen-bond donors (Lipinski definition) is 1. The maximum Gasteiger partial charge on any atom is 0.372 e. The number of imidazole rings is 1. The van der Waals surface area contributed by atoms with Gasteiger partial charge in [0.1, 0.15) is 0 Å². The summed E-state index contributed by atoms with van der Waals surface area (Å²) in [4.78, 5) is 15.1. The third-order valence-corrected chi connectivity index (χ3v) is 2.42. The number of carboxylic acid groups (broad SMARTS) is 1. The van der Waals surface area contributed by atoms with Crippen LogP contribution in [0.25, 0.3) is 11.0 Å². The van der Waals surface area contributed by atoms with Crippen LogP contribution in [0.5, 0.6) is 0 Å². The van der Waals surface area contributed by atoms with Gasteiger partial charge in [0.2, 0.25) is 5.82 Å². The number of carbonyl (C=O) groups is 1. The van der Waals surface area contributed by atoms with Gasteiger partial charge in [0.05, 0.1) is 11.0 Å². The van der Waals surface area contributed by atoms with E-state index in [-0.39, 0.29) is 5.82 Å². The summed E-state index contributed by atoms with van der Waals surface area (Å²) in [6.45, 7) is 0. The van der Waals surface area contributed by atoms with Gasteiger partial charge in [0, 0.05) is 7.05 Å². The fourth-order valence-corrected chi connectivity index (χ4v) is 1.59. The Bertz CT molecular complexity index is 616. The first kappa shape index (κ1) is 11.1. The lowest BCUT2D eigenvalue weighted by Crippen LogP contribution is -2.05. The molecule has 0 bridgehead atoms. The van der Waals surface area contributed by atoms with Crippen molar-refractivity contribution >= 4 is 17.0 Å². The smallest absolute Gasteiger partial charge is 0.372 e. The number of nitrogens with zero attached hydrogens (tertiary/aromatic N) is 2. The zero-order chi connectivity index (χ0) is 12.3. The molecule has 0 fully saturated rings. The number of hydrogen-bond acceptors (Lipinski definition) is 2. The Labute approximate surface area is 98.5 Å². The topological polar surface area (TPSA) is 55.1 Å². The van der Waals surface area contributed by atoms with Crippen LogP contribution in [-0.2, 0) is 7.05 Å². The first-order valence-corrected chi connectivity index (χ1v) is 5.18. The predicted molar refractivity (Wildman–Crippen MR) is 65.3 cm³/mol. The van der Waals surface area contributed by atoms with Crippen LogP contribution in [0.1, 0.15) is 10.6 Å². The molecule has 0 amide bonds. The van der Waals surface area contributed by atoms with Crippen LogP contribution < -0.4 is 0 Å². The van der Waals surface area contributed by atoms with Crippen molar-refractivity contribution in [2.45, 2.75) is 0 Å². The van der Waals surface area contributed by atoms with E-state index in [0.29, 0.717) is 5.52 Å². The van der Waals surface area contributed by atoms with Crippen molar-refractivity contribution in [2.24, 2.45) is 7.05 Å². The van der Waals surface area contributed by atoms with Crippen LogP contribution >= 0.6 is 0 Å². The largest absolute Gasteiger partial charge is 0.475 e. The Balaban J connectivity index is 2.82. The number of rotatable bonds is 1. The molecule has 0 saturated heterocycles. The quantitative estimate of drug-likeness (QED) is 0.815. The first-order valence-electron chi connectivity index (χ1n) is 5.18. The molecule has 0 atom stereocenters. The zero-order valence-corrected chi connectivity index (χ0v) is 9.37. The molecule has 2 aromatic rings. The molecular formula is C13H12N2O2. The molecule has 0 aliphatic carbocycles. The lowest BCUT2D eigenvalue weighted by Gasteiger charge is -1.94. The van der Waals surface area contributed by atoms with Crippen LogP contribution in [0, 0.1) is 0 Å². The molecule has 0 saturated carbocycles. The van der Waals surface area contributed by atoms with E-state index in [1.807, 2.05) is 42.5 Å². The van der Waals surface area contributed by atoms with Gasteiger partial charge in [-0.15, -0.1) is 0 Å². The van der Waals surface area contributed by atoms with Crippen LogP contribution in [0.4, 0.5) is 0 Å². The molecule has 17 heavy (non-hydrogen) atoms. The van der Waals surface area contributed by atoms with Gasteiger partial charge in [-0.2, -0.15) is 0 Å². The fraction of sp³-hybridized carbons (Fsp3) is 0.0769. The summed E-state index contributed by atoms with van der Waals surface area (Å²) in [7, 11) is 1.69. The highest BCUT2D eigenvalue weighted by Gasteiger charge is 2.11. The molecule has 4 heteroatoms. The van der Waals surface area contributed by atoms with E-state index in [1.54, 1.807) is 17.7 Å². The van der Waals surface area contributed by atoms with E-state index >= 15 is 0 Å². The van der Waals surface area contributed by atoms with Crippen molar-refractivity contribution in [1.82, 2.24) is 9.55 Å².